The van der Waals surface area contributed by atoms with E-state index in [-0.39, 0.29) is 5.69 Å². The number of alkyl halides is 3. The Hall–Kier alpha value is -1.23. The van der Waals surface area contributed by atoms with Crippen LogP contribution in [0.1, 0.15) is 18.4 Å². The van der Waals surface area contributed by atoms with Gasteiger partial charge in [0.2, 0.25) is 0 Å². The Labute approximate surface area is 105 Å². The number of hydrogen-bond donors (Lipinski definition) is 2. The van der Waals surface area contributed by atoms with Crippen LogP contribution in [0.2, 0.25) is 0 Å². The van der Waals surface area contributed by atoms with Gasteiger partial charge in [-0.1, -0.05) is 12.1 Å². The highest BCUT2D eigenvalue weighted by molar-refractivity contribution is 5.52. The first-order chi connectivity index (χ1) is 8.57. The van der Waals surface area contributed by atoms with Gasteiger partial charge in [-0.2, -0.15) is 13.2 Å². The lowest BCUT2D eigenvalue weighted by Crippen LogP contribution is -2.31. The molecule has 1 aromatic carbocycles. The SMILES string of the molecule is FC(F)(F)c1ccccc1NCC1CCNCC1. The smallest absolute Gasteiger partial charge is 0.384 e. The van der Waals surface area contributed by atoms with Crippen LogP contribution in [0.3, 0.4) is 0 Å². The zero-order chi connectivity index (χ0) is 13.0. The van der Waals surface area contributed by atoms with Gasteiger partial charge in [-0.3, -0.25) is 0 Å². The monoisotopic (exact) mass is 258 g/mol. The van der Waals surface area contributed by atoms with Gasteiger partial charge in [-0.25, -0.2) is 0 Å². The average molecular weight is 258 g/mol. The van der Waals surface area contributed by atoms with Crippen molar-refractivity contribution in [3.63, 3.8) is 0 Å². The fourth-order valence-corrected chi connectivity index (χ4v) is 2.22. The van der Waals surface area contributed by atoms with Crippen molar-refractivity contribution in [2.75, 3.05) is 25.0 Å². The molecule has 0 atom stereocenters. The van der Waals surface area contributed by atoms with Gasteiger partial charge in [0.25, 0.3) is 0 Å². The Kier molecular flexibility index (Phi) is 4.11. The number of halogens is 3. The molecule has 0 bridgehead atoms. The first-order valence-corrected chi connectivity index (χ1v) is 6.18. The van der Waals surface area contributed by atoms with E-state index in [0.717, 1.165) is 32.0 Å². The summed E-state index contributed by atoms with van der Waals surface area (Å²) in [7, 11) is 0. The lowest BCUT2D eigenvalue weighted by Gasteiger charge is -2.24. The molecular weight excluding hydrogens is 241 g/mol. The predicted octanol–water partition coefficient (Wildman–Crippen LogP) is 3.12. The van der Waals surface area contributed by atoms with E-state index in [1.54, 1.807) is 6.07 Å². The fourth-order valence-electron chi connectivity index (χ4n) is 2.22. The van der Waals surface area contributed by atoms with E-state index in [1.165, 1.54) is 12.1 Å². The molecule has 1 aliphatic rings. The summed E-state index contributed by atoms with van der Waals surface area (Å²) in [6.45, 7) is 2.51. The quantitative estimate of drug-likeness (QED) is 0.870. The molecule has 1 heterocycles. The van der Waals surface area contributed by atoms with Crippen molar-refractivity contribution < 1.29 is 13.2 Å². The van der Waals surface area contributed by atoms with Gasteiger partial charge < -0.3 is 10.6 Å². The number of para-hydroxylation sites is 1. The summed E-state index contributed by atoms with van der Waals surface area (Å²) in [6.07, 6.45) is -2.26. The minimum Gasteiger partial charge on any atom is -0.384 e. The van der Waals surface area contributed by atoms with Crippen molar-refractivity contribution in [3.8, 4) is 0 Å². The molecule has 2 rings (SSSR count). The molecule has 0 aliphatic carbocycles. The molecule has 100 valence electrons. The summed E-state index contributed by atoms with van der Waals surface area (Å²) < 4.78 is 38.3. The molecule has 0 amide bonds. The van der Waals surface area contributed by atoms with Crippen LogP contribution < -0.4 is 10.6 Å². The van der Waals surface area contributed by atoms with Crippen molar-refractivity contribution in [2.45, 2.75) is 19.0 Å². The van der Waals surface area contributed by atoms with Gasteiger partial charge in [-0.05, 0) is 44.0 Å². The molecule has 5 heteroatoms. The second kappa shape index (κ2) is 5.61. The van der Waals surface area contributed by atoms with Gasteiger partial charge in [0.1, 0.15) is 0 Å². The predicted molar refractivity (Wildman–Crippen MR) is 65.5 cm³/mol. The first kappa shape index (κ1) is 13.2. The molecule has 0 radical (unpaired) electrons. The van der Waals surface area contributed by atoms with Crippen LogP contribution in [-0.4, -0.2) is 19.6 Å². The molecule has 2 N–H and O–H groups in total. The van der Waals surface area contributed by atoms with Crippen LogP contribution in [0.15, 0.2) is 24.3 Å². The van der Waals surface area contributed by atoms with Crippen molar-refractivity contribution in [1.29, 1.82) is 0 Å². The molecule has 18 heavy (non-hydrogen) atoms. The summed E-state index contributed by atoms with van der Waals surface area (Å²) >= 11 is 0. The van der Waals surface area contributed by atoms with Crippen molar-refractivity contribution in [2.24, 2.45) is 5.92 Å². The van der Waals surface area contributed by atoms with E-state index in [1.807, 2.05) is 0 Å². The molecule has 0 saturated carbocycles. The standard InChI is InChI=1S/C13H17F3N2/c14-13(15,16)11-3-1-2-4-12(11)18-9-10-5-7-17-8-6-10/h1-4,10,17-18H,5-9H2. The largest absolute Gasteiger partial charge is 0.418 e. The topological polar surface area (TPSA) is 24.1 Å². The number of rotatable bonds is 3. The maximum atomic E-state index is 12.8. The summed E-state index contributed by atoms with van der Waals surface area (Å²) in [5.41, 5.74) is -0.400. The van der Waals surface area contributed by atoms with E-state index in [9.17, 15) is 13.2 Å². The Morgan fingerprint density at radius 3 is 2.50 bits per heavy atom. The maximum absolute atomic E-state index is 12.8. The van der Waals surface area contributed by atoms with Crippen molar-refractivity contribution in [3.05, 3.63) is 29.8 Å². The molecule has 1 fully saturated rings. The van der Waals surface area contributed by atoms with Crippen molar-refractivity contribution >= 4 is 5.69 Å². The highest BCUT2D eigenvalue weighted by atomic mass is 19.4. The van der Waals surface area contributed by atoms with E-state index >= 15 is 0 Å². The highest BCUT2D eigenvalue weighted by Gasteiger charge is 2.33. The lowest BCUT2D eigenvalue weighted by molar-refractivity contribution is -0.136. The van der Waals surface area contributed by atoms with Crippen LogP contribution in [0.4, 0.5) is 18.9 Å². The molecule has 1 saturated heterocycles. The maximum Gasteiger partial charge on any atom is 0.418 e. The van der Waals surface area contributed by atoms with E-state index in [4.69, 9.17) is 0 Å². The summed E-state index contributed by atoms with van der Waals surface area (Å²) in [6, 6.07) is 5.65. The minimum atomic E-state index is -4.29. The third-order valence-corrected chi connectivity index (χ3v) is 3.27. The van der Waals surface area contributed by atoms with Crippen molar-refractivity contribution in [1.82, 2.24) is 5.32 Å². The number of piperidine rings is 1. The van der Waals surface area contributed by atoms with Gasteiger partial charge >= 0.3 is 6.18 Å². The Balaban J connectivity index is 2.00. The Morgan fingerprint density at radius 2 is 1.83 bits per heavy atom. The van der Waals surface area contributed by atoms with Gasteiger partial charge in [0.15, 0.2) is 0 Å². The molecule has 0 unspecified atom stereocenters. The molecule has 1 aliphatic heterocycles. The summed E-state index contributed by atoms with van der Waals surface area (Å²) in [5, 5.41) is 6.18. The van der Waals surface area contributed by atoms with Gasteiger partial charge in [0, 0.05) is 12.2 Å². The molecule has 0 aromatic heterocycles. The van der Waals surface area contributed by atoms with Crippen LogP contribution >= 0.6 is 0 Å². The zero-order valence-electron chi connectivity index (χ0n) is 10.1. The number of hydrogen-bond acceptors (Lipinski definition) is 2. The second-order valence-corrected chi connectivity index (χ2v) is 4.62. The van der Waals surface area contributed by atoms with Crippen LogP contribution in [0.25, 0.3) is 0 Å². The lowest BCUT2D eigenvalue weighted by atomic mass is 9.98. The van der Waals surface area contributed by atoms with Crippen LogP contribution in [0, 0.1) is 5.92 Å². The third-order valence-electron chi connectivity index (χ3n) is 3.27. The third kappa shape index (κ3) is 3.38. The fraction of sp³-hybridized carbons (Fsp3) is 0.538. The molecule has 1 aromatic rings. The normalized spacial score (nSPS) is 17.7. The van der Waals surface area contributed by atoms with Gasteiger partial charge in [0.05, 0.1) is 5.56 Å². The van der Waals surface area contributed by atoms with Crippen LogP contribution in [0.5, 0.6) is 0 Å². The van der Waals surface area contributed by atoms with E-state index in [0.29, 0.717) is 12.5 Å². The molecule has 0 spiro atoms. The summed E-state index contributed by atoms with van der Waals surface area (Å²) in [5.74, 6) is 0.451. The first-order valence-electron chi connectivity index (χ1n) is 6.18. The van der Waals surface area contributed by atoms with E-state index < -0.39 is 11.7 Å². The molecule has 2 nitrogen and oxygen atoms in total. The summed E-state index contributed by atoms with van der Waals surface area (Å²) in [4.78, 5) is 0. The van der Waals surface area contributed by atoms with E-state index in [2.05, 4.69) is 10.6 Å². The Morgan fingerprint density at radius 1 is 1.17 bits per heavy atom. The van der Waals surface area contributed by atoms with Gasteiger partial charge in [-0.15, -0.1) is 0 Å². The second-order valence-electron chi connectivity index (χ2n) is 4.62. The van der Waals surface area contributed by atoms with Crippen LogP contribution in [-0.2, 0) is 6.18 Å². The minimum absolute atomic E-state index is 0.184. The number of nitrogens with one attached hydrogen (secondary N) is 2. The number of benzene rings is 1. The molecular formula is C13H17F3N2. The Bertz CT molecular complexity index is 384. The zero-order valence-corrected chi connectivity index (χ0v) is 10.1. The highest BCUT2D eigenvalue weighted by Crippen LogP contribution is 2.34. The average Bonchev–Trinajstić information content (AvgIpc) is 2.37. The number of anilines is 1.